The summed E-state index contributed by atoms with van der Waals surface area (Å²) in [6.45, 7) is 1.85. The Balaban J connectivity index is 3.44. The number of nitro groups is 1. The van der Waals surface area contributed by atoms with E-state index in [0.29, 0.717) is 12.8 Å². The first-order valence-electron chi connectivity index (χ1n) is 5.24. The second-order valence-corrected chi connectivity index (χ2v) is 3.95. The van der Waals surface area contributed by atoms with E-state index in [1.54, 1.807) is 0 Å². The van der Waals surface area contributed by atoms with Crippen LogP contribution in [-0.2, 0) is 0 Å². The molecule has 0 aromatic heterocycles. The van der Waals surface area contributed by atoms with Gasteiger partial charge in [0.1, 0.15) is 5.82 Å². The molecule has 4 nitrogen and oxygen atoms in total. The van der Waals surface area contributed by atoms with Gasteiger partial charge in [-0.2, -0.15) is 5.26 Å². The second-order valence-electron chi connectivity index (χ2n) is 3.57. The predicted octanol–water partition coefficient (Wildman–Crippen LogP) is 4.01. The highest BCUT2D eigenvalue weighted by Gasteiger charge is 2.19. The van der Waals surface area contributed by atoms with Crippen LogP contribution in [0.1, 0.15) is 25.3 Å². The molecule has 1 rings (SSSR count). The molecule has 0 saturated carbocycles. The second kappa shape index (κ2) is 6.12. The number of hydrogen-bond donors (Lipinski definition) is 0. The summed E-state index contributed by atoms with van der Waals surface area (Å²) in [4.78, 5) is 10.2. The molecule has 0 amide bonds. The van der Waals surface area contributed by atoms with E-state index in [1.807, 2.05) is 13.0 Å². The lowest BCUT2D eigenvalue weighted by Gasteiger charge is -2.04. The molecule has 0 radical (unpaired) electrons. The number of rotatable bonds is 4. The average molecular weight is 269 g/mol. The third kappa shape index (κ3) is 3.05. The summed E-state index contributed by atoms with van der Waals surface area (Å²) in [6, 6.07) is 4.87. The van der Waals surface area contributed by atoms with Crippen LogP contribution < -0.4 is 0 Å². The van der Waals surface area contributed by atoms with Crippen molar-refractivity contribution in [1.29, 1.82) is 5.26 Å². The highest BCUT2D eigenvalue weighted by molar-refractivity contribution is 6.50. The smallest absolute Gasteiger partial charge is 0.258 e. The van der Waals surface area contributed by atoms with Crippen molar-refractivity contribution in [1.82, 2.24) is 0 Å². The molecular weight excluding hydrogens is 259 g/mol. The minimum atomic E-state index is -0.655. The first-order valence-corrected chi connectivity index (χ1v) is 5.62. The highest BCUT2D eigenvalue weighted by atomic mass is 35.5. The molecule has 0 N–H and O–H groups in total. The SMILES string of the molecule is CCCC(C#N)=C(Cl)c1cc(F)ccc1[N+](=O)[O-]. The zero-order valence-electron chi connectivity index (χ0n) is 9.61. The van der Waals surface area contributed by atoms with E-state index in [1.165, 1.54) is 0 Å². The maximum Gasteiger partial charge on any atom is 0.278 e. The Morgan fingerprint density at radius 1 is 1.61 bits per heavy atom. The van der Waals surface area contributed by atoms with Crippen LogP contribution in [0.5, 0.6) is 0 Å². The lowest BCUT2D eigenvalue weighted by atomic mass is 10.1. The molecule has 94 valence electrons. The van der Waals surface area contributed by atoms with Crippen LogP contribution in [0.25, 0.3) is 5.03 Å². The third-order valence-electron chi connectivity index (χ3n) is 2.29. The van der Waals surface area contributed by atoms with E-state index in [0.717, 1.165) is 18.2 Å². The van der Waals surface area contributed by atoms with Crippen molar-refractivity contribution in [2.45, 2.75) is 19.8 Å². The molecule has 0 atom stereocenters. The summed E-state index contributed by atoms with van der Waals surface area (Å²) < 4.78 is 13.1. The van der Waals surface area contributed by atoms with Gasteiger partial charge in [-0.25, -0.2) is 4.39 Å². The number of halogens is 2. The van der Waals surface area contributed by atoms with Gasteiger partial charge < -0.3 is 0 Å². The van der Waals surface area contributed by atoms with Crippen LogP contribution in [0.3, 0.4) is 0 Å². The van der Waals surface area contributed by atoms with Crippen LogP contribution >= 0.6 is 11.6 Å². The van der Waals surface area contributed by atoms with Crippen LogP contribution in [0.2, 0.25) is 0 Å². The van der Waals surface area contributed by atoms with Crippen LogP contribution in [-0.4, -0.2) is 4.92 Å². The van der Waals surface area contributed by atoms with E-state index >= 15 is 0 Å². The van der Waals surface area contributed by atoms with E-state index in [2.05, 4.69) is 0 Å². The number of nitro benzene ring substituents is 1. The summed E-state index contributed by atoms with van der Waals surface area (Å²) in [5.74, 6) is -0.637. The molecule has 18 heavy (non-hydrogen) atoms. The fraction of sp³-hybridized carbons (Fsp3) is 0.250. The van der Waals surface area contributed by atoms with Crippen molar-refractivity contribution in [2.24, 2.45) is 0 Å². The number of benzene rings is 1. The zero-order chi connectivity index (χ0) is 13.7. The molecule has 1 aromatic carbocycles. The van der Waals surface area contributed by atoms with Gasteiger partial charge in [0, 0.05) is 11.6 Å². The molecule has 0 saturated heterocycles. The topological polar surface area (TPSA) is 66.9 Å². The van der Waals surface area contributed by atoms with Gasteiger partial charge in [0.2, 0.25) is 0 Å². The van der Waals surface area contributed by atoms with E-state index in [4.69, 9.17) is 16.9 Å². The molecule has 0 unspecified atom stereocenters. The quantitative estimate of drug-likeness (QED) is 0.471. The molecule has 0 heterocycles. The van der Waals surface area contributed by atoms with Crippen LogP contribution in [0.15, 0.2) is 23.8 Å². The molecule has 6 heteroatoms. The monoisotopic (exact) mass is 268 g/mol. The van der Waals surface area contributed by atoms with E-state index < -0.39 is 10.7 Å². The van der Waals surface area contributed by atoms with Gasteiger partial charge in [-0.1, -0.05) is 24.9 Å². The van der Waals surface area contributed by atoms with Crippen molar-refractivity contribution in [3.8, 4) is 6.07 Å². The maximum absolute atomic E-state index is 13.1. The fourth-order valence-corrected chi connectivity index (χ4v) is 1.76. The zero-order valence-corrected chi connectivity index (χ0v) is 10.4. The summed E-state index contributed by atoms with van der Waals surface area (Å²) in [6.07, 6.45) is 1.06. The third-order valence-corrected chi connectivity index (χ3v) is 2.72. The van der Waals surface area contributed by atoms with Gasteiger partial charge in [0.25, 0.3) is 5.69 Å². The molecule has 0 bridgehead atoms. The fourth-order valence-electron chi connectivity index (χ4n) is 1.47. The lowest BCUT2D eigenvalue weighted by molar-refractivity contribution is -0.385. The van der Waals surface area contributed by atoms with Crippen molar-refractivity contribution in [3.63, 3.8) is 0 Å². The Morgan fingerprint density at radius 3 is 2.78 bits per heavy atom. The van der Waals surface area contributed by atoms with Crippen molar-refractivity contribution >= 4 is 22.3 Å². The molecular formula is C12H10ClFN2O2. The molecule has 0 spiro atoms. The van der Waals surface area contributed by atoms with E-state index in [-0.39, 0.29) is 21.9 Å². The number of hydrogen-bond acceptors (Lipinski definition) is 3. The minimum Gasteiger partial charge on any atom is -0.258 e. The Kier molecular flexibility index (Phi) is 4.81. The summed E-state index contributed by atoms with van der Waals surface area (Å²) in [5, 5.41) is 19.7. The Bertz CT molecular complexity index is 549. The van der Waals surface area contributed by atoms with Crippen LogP contribution in [0, 0.1) is 27.3 Å². The first-order chi connectivity index (χ1) is 8.51. The lowest BCUT2D eigenvalue weighted by Crippen LogP contribution is -1.95. The molecule has 0 aliphatic rings. The minimum absolute atomic E-state index is 0.0633. The summed E-state index contributed by atoms with van der Waals surface area (Å²) in [7, 11) is 0. The normalized spacial score (nSPS) is 11.7. The van der Waals surface area contributed by atoms with Gasteiger partial charge in [0.05, 0.1) is 21.6 Å². The summed E-state index contributed by atoms with van der Waals surface area (Å²) >= 11 is 5.96. The standard InChI is InChI=1S/C12H10ClFN2O2/c1-2-3-8(7-15)12(13)10-6-9(14)4-5-11(10)16(17)18/h4-6H,2-3H2,1H3. The van der Waals surface area contributed by atoms with Crippen LogP contribution in [0.4, 0.5) is 10.1 Å². The van der Waals surface area contributed by atoms with Gasteiger partial charge in [0.15, 0.2) is 0 Å². The Labute approximate surface area is 108 Å². The van der Waals surface area contributed by atoms with Gasteiger partial charge >= 0.3 is 0 Å². The van der Waals surface area contributed by atoms with Crippen molar-refractivity contribution in [3.05, 3.63) is 45.3 Å². The largest absolute Gasteiger partial charge is 0.278 e. The molecule has 0 fully saturated rings. The Hall–Kier alpha value is -1.93. The van der Waals surface area contributed by atoms with Crippen molar-refractivity contribution in [2.75, 3.05) is 0 Å². The van der Waals surface area contributed by atoms with Gasteiger partial charge in [-0.15, -0.1) is 0 Å². The van der Waals surface area contributed by atoms with Crippen molar-refractivity contribution < 1.29 is 9.31 Å². The van der Waals surface area contributed by atoms with Gasteiger partial charge in [-0.3, -0.25) is 10.1 Å². The molecule has 0 aliphatic heterocycles. The maximum atomic E-state index is 13.1. The summed E-state index contributed by atoms with van der Waals surface area (Å²) in [5.41, 5.74) is -0.162. The highest BCUT2D eigenvalue weighted by Crippen LogP contribution is 2.32. The molecule has 1 aromatic rings. The molecule has 0 aliphatic carbocycles. The number of nitriles is 1. The first kappa shape index (κ1) is 14.1. The van der Waals surface area contributed by atoms with E-state index in [9.17, 15) is 14.5 Å². The number of nitrogens with zero attached hydrogens (tertiary/aromatic N) is 2. The van der Waals surface area contributed by atoms with Gasteiger partial charge in [-0.05, 0) is 18.6 Å². The predicted molar refractivity (Wildman–Crippen MR) is 66.3 cm³/mol. The average Bonchev–Trinajstić information content (AvgIpc) is 2.34. The number of allylic oxidation sites excluding steroid dienone is 1. The Morgan fingerprint density at radius 2 is 2.28 bits per heavy atom.